The minimum Gasteiger partial charge on any atom is -0.314 e. The van der Waals surface area contributed by atoms with Gasteiger partial charge >= 0.3 is 6.18 Å². The van der Waals surface area contributed by atoms with Gasteiger partial charge in [0.2, 0.25) is 0 Å². The van der Waals surface area contributed by atoms with Gasteiger partial charge in [-0.25, -0.2) is 0 Å². The van der Waals surface area contributed by atoms with Crippen LogP contribution in [0.1, 0.15) is 35.6 Å². The van der Waals surface area contributed by atoms with Gasteiger partial charge in [0.25, 0.3) is 0 Å². The monoisotopic (exact) mass is 360 g/mol. The molecule has 0 spiro atoms. The predicted octanol–water partition coefficient (Wildman–Crippen LogP) is 4.55. The minimum atomic E-state index is -4.11. The Morgan fingerprint density at radius 3 is 2.46 bits per heavy atom. The molecule has 2 aromatic carbocycles. The van der Waals surface area contributed by atoms with Gasteiger partial charge in [-0.15, -0.1) is 0 Å². The van der Waals surface area contributed by atoms with E-state index < -0.39 is 12.6 Å². The Hall–Kier alpha value is -1.85. The molecule has 1 saturated heterocycles. The summed E-state index contributed by atoms with van der Waals surface area (Å²) in [6, 6.07) is 14.4. The molecule has 1 fully saturated rings. The van der Waals surface area contributed by atoms with Crippen molar-refractivity contribution in [3.05, 3.63) is 59.2 Å². The lowest BCUT2D eigenvalue weighted by Gasteiger charge is -2.35. The number of rotatable bonds is 4. The van der Waals surface area contributed by atoms with Crippen LogP contribution in [0.3, 0.4) is 0 Å². The Morgan fingerprint density at radius 2 is 1.69 bits per heavy atom. The highest BCUT2D eigenvalue weighted by atomic mass is 19.4. The molecule has 2 aliphatic rings. The minimum absolute atomic E-state index is 0.120. The molecular weight excluding hydrogens is 337 g/mol. The molecule has 0 bridgehead atoms. The van der Waals surface area contributed by atoms with Gasteiger partial charge in [0, 0.05) is 38.6 Å². The van der Waals surface area contributed by atoms with E-state index in [0.717, 1.165) is 38.2 Å². The second-order valence-electron chi connectivity index (χ2n) is 7.21. The average molecular weight is 360 g/mol. The highest BCUT2D eigenvalue weighted by Crippen LogP contribution is 2.39. The number of fused-ring (bicyclic) bond motifs is 3. The highest BCUT2D eigenvalue weighted by molar-refractivity contribution is 5.77. The first kappa shape index (κ1) is 17.6. The molecule has 1 aliphatic heterocycles. The van der Waals surface area contributed by atoms with Crippen molar-refractivity contribution < 1.29 is 13.2 Å². The number of halogens is 3. The first-order chi connectivity index (χ1) is 12.5. The number of nitrogens with zero attached hydrogens (tertiary/aromatic N) is 1. The molecule has 0 unspecified atom stereocenters. The molecule has 5 heteroatoms. The molecule has 0 saturated carbocycles. The molecule has 138 valence electrons. The van der Waals surface area contributed by atoms with Gasteiger partial charge in [-0.3, -0.25) is 4.90 Å². The summed E-state index contributed by atoms with van der Waals surface area (Å²) in [6.45, 7) is 3.25. The summed E-state index contributed by atoms with van der Waals surface area (Å²) >= 11 is 0. The van der Waals surface area contributed by atoms with E-state index in [1.807, 2.05) is 18.2 Å². The Kier molecular flexibility index (Phi) is 4.76. The molecular formula is C21H23F3N2. The Labute approximate surface area is 152 Å². The number of piperazine rings is 1. The Morgan fingerprint density at radius 1 is 0.962 bits per heavy atom. The third-order valence-corrected chi connectivity index (χ3v) is 5.50. The summed E-state index contributed by atoms with van der Waals surface area (Å²) in [5.41, 5.74) is 6.02. The second-order valence-corrected chi connectivity index (χ2v) is 7.21. The van der Waals surface area contributed by atoms with E-state index in [-0.39, 0.29) is 12.5 Å². The van der Waals surface area contributed by atoms with Gasteiger partial charge in [-0.1, -0.05) is 42.5 Å². The van der Waals surface area contributed by atoms with Crippen molar-refractivity contribution in [3.63, 3.8) is 0 Å². The molecule has 1 heterocycles. The summed E-state index contributed by atoms with van der Waals surface area (Å²) in [5, 5.41) is 3.28. The van der Waals surface area contributed by atoms with E-state index in [1.165, 1.54) is 22.3 Å². The molecule has 1 N–H and O–H groups in total. The van der Waals surface area contributed by atoms with E-state index >= 15 is 0 Å². The first-order valence-corrected chi connectivity index (χ1v) is 9.24. The largest absolute Gasteiger partial charge is 0.389 e. The Bertz CT molecular complexity index is 779. The van der Waals surface area contributed by atoms with Crippen LogP contribution in [0.5, 0.6) is 0 Å². The lowest BCUT2D eigenvalue weighted by atomic mass is 9.95. The van der Waals surface area contributed by atoms with Crippen molar-refractivity contribution >= 4 is 0 Å². The van der Waals surface area contributed by atoms with Crippen molar-refractivity contribution in [2.75, 3.05) is 26.2 Å². The van der Waals surface area contributed by atoms with Gasteiger partial charge in [0.15, 0.2) is 0 Å². The van der Waals surface area contributed by atoms with Gasteiger partial charge < -0.3 is 5.32 Å². The van der Waals surface area contributed by atoms with Crippen molar-refractivity contribution in [1.29, 1.82) is 0 Å². The lowest BCUT2D eigenvalue weighted by molar-refractivity contribution is -0.138. The van der Waals surface area contributed by atoms with E-state index in [2.05, 4.69) is 34.5 Å². The van der Waals surface area contributed by atoms with Crippen LogP contribution in [-0.4, -0.2) is 37.3 Å². The van der Waals surface area contributed by atoms with E-state index in [1.54, 1.807) is 0 Å². The number of hydrogen-bond donors (Lipinski definition) is 1. The molecule has 0 aromatic heterocycles. The van der Waals surface area contributed by atoms with Crippen molar-refractivity contribution in [2.45, 2.75) is 31.5 Å². The SMILES string of the molecule is FC(F)(F)CC[C@@H](c1ccc2c(c1)Cc1ccccc1-2)N1CCNCC1. The molecule has 0 amide bonds. The van der Waals surface area contributed by atoms with Crippen LogP contribution in [0.4, 0.5) is 13.2 Å². The third kappa shape index (κ3) is 3.64. The zero-order valence-corrected chi connectivity index (χ0v) is 14.6. The maximum Gasteiger partial charge on any atom is 0.389 e. The fourth-order valence-corrected chi connectivity index (χ4v) is 4.23. The highest BCUT2D eigenvalue weighted by Gasteiger charge is 2.32. The second kappa shape index (κ2) is 7.05. The lowest BCUT2D eigenvalue weighted by Crippen LogP contribution is -2.45. The third-order valence-electron chi connectivity index (χ3n) is 5.50. The number of benzene rings is 2. The van der Waals surface area contributed by atoms with Crippen molar-refractivity contribution in [1.82, 2.24) is 10.2 Å². The zero-order chi connectivity index (χ0) is 18.1. The summed E-state index contributed by atoms with van der Waals surface area (Å²) < 4.78 is 38.6. The van der Waals surface area contributed by atoms with E-state index in [9.17, 15) is 13.2 Å². The molecule has 26 heavy (non-hydrogen) atoms. The summed E-state index contributed by atoms with van der Waals surface area (Å²) in [6.07, 6.45) is -3.86. The summed E-state index contributed by atoms with van der Waals surface area (Å²) in [7, 11) is 0. The quantitative estimate of drug-likeness (QED) is 0.734. The van der Waals surface area contributed by atoms with Crippen LogP contribution in [0.15, 0.2) is 42.5 Å². The fraction of sp³-hybridized carbons (Fsp3) is 0.429. The van der Waals surface area contributed by atoms with Gasteiger partial charge in [-0.2, -0.15) is 13.2 Å². The topological polar surface area (TPSA) is 15.3 Å². The zero-order valence-electron chi connectivity index (χ0n) is 14.6. The van der Waals surface area contributed by atoms with Gasteiger partial charge in [0.1, 0.15) is 0 Å². The fourth-order valence-electron chi connectivity index (χ4n) is 4.23. The summed E-state index contributed by atoms with van der Waals surface area (Å²) in [5.74, 6) is 0. The van der Waals surface area contributed by atoms with E-state index in [0.29, 0.717) is 0 Å². The van der Waals surface area contributed by atoms with Crippen LogP contribution in [0, 0.1) is 0 Å². The molecule has 2 aromatic rings. The van der Waals surface area contributed by atoms with Crippen molar-refractivity contribution in [2.24, 2.45) is 0 Å². The number of nitrogens with one attached hydrogen (secondary N) is 1. The number of alkyl halides is 3. The predicted molar refractivity (Wildman–Crippen MR) is 97.2 cm³/mol. The first-order valence-electron chi connectivity index (χ1n) is 9.24. The van der Waals surface area contributed by atoms with Gasteiger partial charge in [-0.05, 0) is 40.7 Å². The van der Waals surface area contributed by atoms with Crippen LogP contribution in [0.2, 0.25) is 0 Å². The average Bonchev–Trinajstić information content (AvgIpc) is 3.00. The molecule has 4 rings (SSSR count). The van der Waals surface area contributed by atoms with Crippen LogP contribution in [0.25, 0.3) is 11.1 Å². The van der Waals surface area contributed by atoms with Crippen LogP contribution in [-0.2, 0) is 6.42 Å². The molecule has 0 radical (unpaired) electrons. The normalized spacial score (nSPS) is 18.4. The molecule has 1 aliphatic carbocycles. The molecule has 2 nitrogen and oxygen atoms in total. The van der Waals surface area contributed by atoms with E-state index in [4.69, 9.17) is 0 Å². The van der Waals surface area contributed by atoms with Crippen molar-refractivity contribution in [3.8, 4) is 11.1 Å². The number of hydrogen-bond acceptors (Lipinski definition) is 2. The van der Waals surface area contributed by atoms with Crippen LogP contribution < -0.4 is 5.32 Å². The smallest absolute Gasteiger partial charge is 0.314 e. The standard InChI is InChI=1S/C21H23F3N2/c22-21(23,24)8-7-20(26-11-9-25-10-12-26)16-5-6-19-17(14-16)13-15-3-1-2-4-18(15)19/h1-6,14,20,25H,7-13H2/t20-/m0/s1. The summed E-state index contributed by atoms with van der Waals surface area (Å²) in [4.78, 5) is 2.20. The van der Waals surface area contributed by atoms with Crippen LogP contribution >= 0.6 is 0 Å². The van der Waals surface area contributed by atoms with Gasteiger partial charge in [0.05, 0.1) is 0 Å². The molecule has 1 atom stereocenters. The maximum absolute atomic E-state index is 12.9. The maximum atomic E-state index is 12.9. The Balaban J connectivity index is 1.62.